The molecule has 0 saturated carbocycles. The molecule has 2 nitrogen and oxygen atoms in total. The zero-order valence-corrected chi connectivity index (χ0v) is 14.4. The van der Waals surface area contributed by atoms with Crippen LogP contribution >= 0.6 is 59.1 Å². The minimum Gasteiger partial charge on any atom is -0.339 e. The van der Waals surface area contributed by atoms with Crippen molar-refractivity contribution < 1.29 is 4.79 Å². The maximum Gasteiger partial charge on any atom is 0.255 e. The number of thiophene rings is 1. The Labute approximate surface area is 125 Å². The summed E-state index contributed by atoms with van der Waals surface area (Å²) in [5.41, 5.74) is 0.744. The fourth-order valence-corrected chi connectivity index (χ4v) is 4.34. The lowest BCUT2D eigenvalue weighted by Gasteiger charge is -2.20. The van der Waals surface area contributed by atoms with Gasteiger partial charge in [0.05, 0.1) is 13.1 Å². The molecule has 0 fully saturated rings. The Bertz CT molecular complexity index is 367. The van der Waals surface area contributed by atoms with Crippen molar-refractivity contribution in [3.8, 4) is 0 Å². The number of halogens is 3. The van der Waals surface area contributed by atoms with E-state index in [1.165, 1.54) is 11.3 Å². The summed E-state index contributed by atoms with van der Waals surface area (Å²) in [6.07, 6.45) is 0.975. The molecule has 0 aliphatic rings. The van der Waals surface area contributed by atoms with Gasteiger partial charge in [-0.2, -0.15) is 0 Å². The third-order valence-electron chi connectivity index (χ3n) is 2.12. The maximum absolute atomic E-state index is 12.2. The van der Waals surface area contributed by atoms with Crippen molar-refractivity contribution in [2.45, 2.75) is 13.3 Å². The summed E-state index contributed by atoms with van der Waals surface area (Å²) in [4.78, 5) is 14.0. The first-order valence-corrected chi connectivity index (χ1v) is 8.42. The molecule has 0 bridgehead atoms. The lowest BCUT2D eigenvalue weighted by atomic mass is 10.3. The minimum absolute atomic E-state index is 0.0947. The zero-order valence-electron chi connectivity index (χ0n) is 8.80. The summed E-state index contributed by atoms with van der Waals surface area (Å²) < 4.78 is 1.86. The number of alkyl halides is 1. The van der Waals surface area contributed by atoms with Crippen LogP contribution in [0.3, 0.4) is 0 Å². The van der Waals surface area contributed by atoms with Crippen LogP contribution in [-0.4, -0.2) is 29.2 Å². The third-order valence-corrected chi connectivity index (χ3v) is 5.02. The molecule has 0 atom stereocenters. The molecular weight excluding hydrogens is 422 g/mol. The normalized spacial score (nSPS) is 10.5. The van der Waals surface area contributed by atoms with Gasteiger partial charge < -0.3 is 4.90 Å². The Morgan fingerprint density at radius 1 is 1.50 bits per heavy atom. The quantitative estimate of drug-likeness (QED) is 0.625. The topological polar surface area (TPSA) is 20.3 Å². The molecular formula is C10H12Br3NOS. The first-order chi connectivity index (χ1) is 7.60. The molecule has 6 heteroatoms. The average molecular weight is 434 g/mol. The molecule has 0 saturated heterocycles. The van der Waals surface area contributed by atoms with Crippen molar-refractivity contribution in [3.05, 3.63) is 19.2 Å². The lowest BCUT2D eigenvalue weighted by molar-refractivity contribution is 0.0765. The van der Waals surface area contributed by atoms with Gasteiger partial charge in [0, 0.05) is 18.4 Å². The SMILES string of the molecule is CCN(CCCBr)C(=O)c1cc(Br)sc1Br. The van der Waals surface area contributed by atoms with E-state index in [1.54, 1.807) is 0 Å². The fraction of sp³-hybridized carbons (Fsp3) is 0.500. The zero-order chi connectivity index (χ0) is 12.1. The minimum atomic E-state index is 0.0947. The number of rotatable bonds is 5. The third kappa shape index (κ3) is 3.82. The van der Waals surface area contributed by atoms with Crippen LogP contribution in [0.15, 0.2) is 13.6 Å². The van der Waals surface area contributed by atoms with Gasteiger partial charge in [0.15, 0.2) is 0 Å². The van der Waals surface area contributed by atoms with Crippen LogP contribution in [0.4, 0.5) is 0 Å². The van der Waals surface area contributed by atoms with Crippen molar-refractivity contribution >= 4 is 65.0 Å². The van der Waals surface area contributed by atoms with Crippen LogP contribution in [0.1, 0.15) is 23.7 Å². The van der Waals surface area contributed by atoms with E-state index in [-0.39, 0.29) is 5.91 Å². The second-order valence-corrected chi connectivity index (χ2v) is 7.71. The molecule has 0 radical (unpaired) electrons. The van der Waals surface area contributed by atoms with E-state index < -0.39 is 0 Å². The molecule has 1 rings (SSSR count). The second kappa shape index (κ2) is 7.13. The number of nitrogens with zero attached hydrogens (tertiary/aromatic N) is 1. The highest BCUT2D eigenvalue weighted by molar-refractivity contribution is 9.12. The van der Waals surface area contributed by atoms with E-state index >= 15 is 0 Å². The van der Waals surface area contributed by atoms with E-state index in [9.17, 15) is 4.79 Å². The number of carbonyl (C=O) groups excluding carboxylic acids is 1. The van der Waals surface area contributed by atoms with E-state index in [0.29, 0.717) is 0 Å². The Morgan fingerprint density at radius 3 is 2.62 bits per heavy atom. The highest BCUT2D eigenvalue weighted by Crippen LogP contribution is 2.32. The predicted octanol–water partition coefficient (Wildman–Crippen LogP) is 4.52. The molecule has 1 aromatic rings. The first-order valence-electron chi connectivity index (χ1n) is 4.90. The summed E-state index contributed by atoms with van der Waals surface area (Å²) >= 11 is 11.7. The van der Waals surface area contributed by atoms with Crippen LogP contribution in [0, 0.1) is 0 Å². The van der Waals surface area contributed by atoms with Crippen molar-refractivity contribution in [3.63, 3.8) is 0 Å². The molecule has 1 heterocycles. The highest BCUT2D eigenvalue weighted by atomic mass is 79.9. The van der Waals surface area contributed by atoms with E-state index in [1.807, 2.05) is 17.9 Å². The highest BCUT2D eigenvalue weighted by Gasteiger charge is 2.18. The van der Waals surface area contributed by atoms with Gasteiger partial charge in [-0.05, 0) is 51.3 Å². The van der Waals surface area contributed by atoms with Gasteiger partial charge in [-0.25, -0.2) is 0 Å². The maximum atomic E-state index is 12.2. The molecule has 0 aliphatic heterocycles. The van der Waals surface area contributed by atoms with E-state index in [2.05, 4.69) is 47.8 Å². The molecule has 16 heavy (non-hydrogen) atoms. The van der Waals surface area contributed by atoms with Crippen LogP contribution in [-0.2, 0) is 0 Å². The molecule has 0 unspecified atom stereocenters. The molecule has 0 aliphatic carbocycles. The van der Waals surface area contributed by atoms with E-state index in [4.69, 9.17) is 0 Å². The monoisotopic (exact) mass is 431 g/mol. The predicted molar refractivity (Wildman–Crippen MR) is 79.7 cm³/mol. The van der Waals surface area contributed by atoms with E-state index in [0.717, 1.165) is 38.0 Å². The van der Waals surface area contributed by atoms with Crippen LogP contribution < -0.4 is 0 Å². The smallest absolute Gasteiger partial charge is 0.255 e. The fourth-order valence-electron chi connectivity index (χ4n) is 1.31. The molecule has 0 N–H and O–H groups in total. The summed E-state index contributed by atoms with van der Waals surface area (Å²) in [7, 11) is 0. The Hall–Kier alpha value is 0.610. The summed E-state index contributed by atoms with van der Waals surface area (Å²) in [5, 5.41) is 0.922. The van der Waals surface area contributed by atoms with Crippen LogP contribution in [0.5, 0.6) is 0 Å². The number of amides is 1. The molecule has 90 valence electrons. The van der Waals surface area contributed by atoms with Crippen molar-refractivity contribution in [2.24, 2.45) is 0 Å². The molecule has 0 aromatic carbocycles. The molecule has 1 amide bonds. The standard InChI is InChI=1S/C10H12Br3NOS/c1-2-14(5-3-4-11)10(15)7-6-8(12)16-9(7)13/h6H,2-5H2,1H3. The molecule has 0 spiro atoms. The molecule has 1 aromatic heterocycles. The van der Waals surface area contributed by atoms with Crippen molar-refractivity contribution in [1.82, 2.24) is 4.90 Å². The lowest BCUT2D eigenvalue weighted by Crippen LogP contribution is -2.31. The van der Waals surface area contributed by atoms with Gasteiger partial charge >= 0.3 is 0 Å². The summed E-state index contributed by atoms with van der Waals surface area (Å²) in [6, 6.07) is 1.87. The van der Waals surface area contributed by atoms with Gasteiger partial charge in [-0.1, -0.05) is 15.9 Å². The van der Waals surface area contributed by atoms with Gasteiger partial charge in [0.1, 0.15) is 0 Å². The van der Waals surface area contributed by atoms with Crippen LogP contribution in [0.2, 0.25) is 0 Å². The largest absolute Gasteiger partial charge is 0.339 e. The first kappa shape index (κ1) is 14.7. The Kier molecular flexibility index (Phi) is 6.54. The Morgan fingerprint density at radius 2 is 2.19 bits per heavy atom. The van der Waals surface area contributed by atoms with Crippen molar-refractivity contribution in [1.29, 1.82) is 0 Å². The number of hydrogen-bond donors (Lipinski definition) is 0. The van der Waals surface area contributed by atoms with Crippen LogP contribution in [0.25, 0.3) is 0 Å². The Balaban J connectivity index is 2.78. The van der Waals surface area contributed by atoms with Crippen molar-refractivity contribution in [2.75, 3.05) is 18.4 Å². The summed E-state index contributed by atoms with van der Waals surface area (Å²) in [6.45, 7) is 3.54. The number of carbonyl (C=O) groups is 1. The van der Waals surface area contributed by atoms with Gasteiger partial charge in [-0.15, -0.1) is 11.3 Å². The van der Waals surface area contributed by atoms with Gasteiger partial charge in [0.2, 0.25) is 0 Å². The number of hydrogen-bond acceptors (Lipinski definition) is 2. The second-order valence-electron chi connectivity index (χ2n) is 3.17. The summed E-state index contributed by atoms with van der Waals surface area (Å²) in [5.74, 6) is 0.0947. The van der Waals surface area contributed by atoms with Gasteiger partial charge in [-0.3, -0.25) is 4.79 Å². The van der Waals surface area contributed by atoms with Gasteiger partial charge in [0.25, 0.3) is 5.91 Å². The average Bonchev–Trinajstić information content (AvgIpc) is 2.58.